The van der Waals surface area contributed by atoms with Gasteiger partial charge in [0.1, 0.15) is 17.1 Å². The molecule has 2 N–H and O–H groups in total. The molecule has 2 aromatic heterocycles. The zero-order valence-corrected chi connectivity index (χ0v) is 21.8. The topological polar surface area (TPSA) is 122 Å². The van der Waals surface area contributed by atoms with E-state index in [9.17, 15) is 13.2 Å². The molecule has 0 spiro atoms. The number of hydrogen-bond donors (Lipinski definition) is 2. The van der Waals surface area contributed by atoms with Gasteiger partial charge in [0.2, 0.25) is 10.0 Å². The fourth-order valence-electron chi connectivity index (χ4n) is 4.59. The Morgan fingerprint density at radius 1 is 1.14 bits per heavy atom. The Kier molecular flexibility index (Phi) is 7.30. The lowest BCUT2D eigenvalue weighted by molar-refractivity contribution is 0.263. The quantitative estimate of drug-likeness (QED) is 0.485. The molecule has 0 bridgehead atoms. The lowest BCUT2D eigenvalue weighted by Crippen LogP contribution is -2.55. The average Bonchev–Trinajstić information content (AvgIpc) is 3.12. The number of nitrogens with one attached hydrogen (secondary N) is 2. The maximum atomic E-state index is 13.6. The number of fused-ring (bicyclic) bond motifs is 1. The number of piperazine rings is 1. The van der Waals surface area contributed by atoms with Crippen molar-refractivity contribution in [3.63, 3.8) is 0 Å². The molecule has 3 aromatic rings. The normalized spacial score (nSPS) is 19.3. The molecule has 1 aliphatic rings. The van der Waals surface area contributed by atoms with Crippen LogP contribution in [0.3, 0.4) is 0 Å². The van der Waals surface area contributed by atoms with Crippen LogP contribution in [-0.4, -0.2) is 64.3 Å². The summed E-state index contributed by atoms with van der Waals surface area (Å²) >= 11 is 0. The Bertz CT molecular complexity index is 1370. The number of hydrogen-bond acceptors (Lipinski definition) is 7. The molecule has 10 nitrogen and oxygen atoms in total. The van der Waals surface area contributed by atoms with Crippen molar-refractivity contribution in [2.45, 2.75) is 63.9 Å². The number of rotatable bonds is 8. The summed E-state index contributed by atoms with van der Waals surface area (Å²) in [5.41, 5.74) is 1.75. The standard InChI is InChI=1S/C24H34N6O4S/c1-6-8-19-21-22(29(5)28-19)24(31)27-23(26-21)18-12-17(9-10-20(18)34-11-7-2)35(32,33)30-13-15(3)25-16(4)14-30/h9-10,12,15-16,25H,6-8,11,13-14H2,1-5H3,(H,26,27,31). The second-order valence-corrected chi connectivity index (χ2v) is 11.2. The van der Waals surface area contributed by atoms with Gasteiger partial charge in [0.05, 0.1) is 22.8 Å². The van der Waals surface area contributed by atoms with E-state index in [1.807, 2.05) is 27.7 Å². The molecule has 4 rings (SSSR count). The van der Waals surface area contributed by atoms with Gasteiger partial charge >= 0.3 is 0 Å². The highest BCUT2D eigenvalue weighted by Crippen LogP contribution is 2.32. The summed E-state index contributed by atoms with van der Waals surface area (Å²) < 4.78 is 36.1. The summed E-state index contributed by atoms with van der Waals surface area (Å²) in [5, 5.41) is 7.83. The van der Waals surface area contributed by atoms with Crippen LogP contribution in [0, 0.1) is 0 Å². The van der Waals surface area contributed by atoms with Crippen LogP contribution in [0.15, 0.2) is 27.9 Å². The lowest BCUT2D eigenvalue weighted by atomic mass is 10.1. The monoisotopic (exact) mass is 502 g/mol. The fraction of sp³-hybridized carbons (Fsp3) is 0.542. The van der Waals surface area contributed by atoms with E-state index in [0.29, 0.717) is 48.5 Å². The van der Waals surface area contributed by atoms with Gasteiger partial charge in [-0.3, -0.25) is 9.48 Å². The van der Waals surface area contributed by atoms with Crippen LogP contribution in [0.2, 0.25) is 0 Å². The van der Waals surface area contributed by atoms with Crippen molar-refractivity contribution in [1.29, 1.82) is 0 Å². The van der Waals surface area contributed by atoms with E-state index in [-0.39, 0.29) is 28.4 Å². The van der Waals surface area contributed by atoms with Crippen LogP contribution < -0.4 is 15.6 Å². The first kappa shape index (κ1) is 25.3. The number of ether oxygens (including phenoxy) is 1. The Hall–Kier alpha value is -2.76. The van der Waals surface area contributed by atoms with Crippen molar-refractivity contribution in [1.82, 2.24) is 29.4 Å². The molecule has 11 heteroatoms. The Morgan fingerprint density at radius 3 is 2.51 bits per heavy atom. The van der Waals surface area contributed by atoms with E-state index < -0.39 is 10.0 Å². The predicted octanol–water partition coefficient (Wildman–Crippen LogP) is 2.44. The smallest absolute Gasteiger partial charge is 0.277 e. The SMILES string of the molecule is CCCOc1ccc(S(=O)(=O)N2CC(C)NC(C)C2)cc1-c1nc2c(CCC)nn(C)c2c(=O)[nH]1. The van der Waals surface area contributed by atoms with Gasteiger partial charge in [-0.2, -0.15) is 9.40 Å². The molecule has 2 atom stereocenters. The third kappa shape index (κ3) is 4.98. The van der Waals surface area contributed by atoms with Gasteiger partial charge in [0, 0.05) is 32.2 Å². The largest absolute Gasteiger partial charge is 0.493 e. The van der Waals surface area contributed by atoms with Crippen LogP contribution in [0.25, 0.3) is 22.4 Å². The van der Waals surface area contributed by atoms with Crippen LogP contribution in [0.1, 0.15) is 46.2 Å². The summed E-state index contributed by atoms with van der Waals surface area (Å²) in [5.74, 6) is 0.731. The van der Waals surface area contributed by atoms with E-state index in [0.717, 1.165) is 18.5 Å². The molecule has 0 aliphatic carbocycles. The van der Waals surface area contributed by atoms with E-state index in [2.05, 4.69) is 15.4 Å². The number of benzene rings is 1. The first-order chi connectivity index (χ1) is 16.6. The van der Waals surface area contributed by atoms with Gasteiger partial charge < -0.3 is 15.0 Å². The highest BCUT2D eigenvalue weighted by atomic mass is 32.2. The summed E-state index contributed by atoms with van der Waals surface area (Å²) in [6.45, 7) is 9.18. The fourth-order valence-corrected chi connectivity index (χ4v) is 6.24. The minimum atomic E-state index is -3.76. The van der Waals surface area contributed by atoms with E-state index in [1.54, 1.807) is 25.2 Å². The van der Waals surface area contributed by atoms with Gasteiger partial charge in [-0.05, 0) is 44.9 Å². The molecule has 35 heavy (non-hydrogen) atoms. The molecular weight excluding hydrogens is 468 g/mol. The zero-order valence-electron chi connectivity index (χ0n) is 21.0. The third-order valence-electron chi connectivity index (χ3n) is 6.08. The van der Waals surface area contributed by atoms with Crippen LogP contribution in [0.5, 0.6) is 5.75 Å². The van der Waals surface area contributed by atoms with Crippen molar-refractivity contribution in [3.8, 4) is 17.1 Å². The Morgan fingerprint density at radius 2 is 1.86 bits per heavy atom. The summed E-state index contributed by atoms with van der Waals surface area (Å²) in [4.78, 5) is 20.7. The summed E-state index contributed by atoms with van der Waals surface area (Å²) in [7, 11) is -2.04. The van der Waals surface area contributed by atoms with E-state index >= 15 is 0 Å². The van der Waals surface area contributed by atoms with Crippen molar-refractivity contribution < 1.29 is 13.2 Å². The summed E-state index contributed by atoms with van der Waals surface area (Å²) in [6, 6.07) is 4.85. The Balaban J connectivity index is 1.86. The predicted molar refractivity (Wildman–Crippen MR) is 135 cm³/mol. The number of aryl methyl sites for hydroxylation is 2. The lowest BCUT2D eigenvalue weighted by Gasteiger charge is -2.35. The second kappa shape index (κ2) is 10.1. The van der Waals surface area contributed by atoms with E-state index in [1.165, 1.54) is 8.99 Å². The molecule has 1 aliphatic heterocycles. The zero-order chi connectivity index (χ0) is 25.3. The van der Waals surface area contributed by atoms with Gasteiger partial charge in [-0.25, -0.2) is 13.4 Å². The molecule has 0 amide bonds. The van der Waals surface area contributed by atoms with Gasteiger partial charge in [-0.15, -0.1) is 0 Å². The summed E-state index contributed by atoms with van der Waals surface area (Å²) in [6.07, 6.45) is 2.32. The van der Waals surface area contributed by atoms with Crippen LogP contribution in [0.4, 0.5) is 0 Å². The van der Waals surface area contributed by atoms with E-state index in [4.69, 9.17) is 9.72 Å². The number of H-pyrrole nitrogens is 1. The highest BCUT2D eigenvalue weighted by Gasteiger charge is 2.32. The van der Waals surface area contributed by atoms with Crippen LogP contribution >= 0.6 is 0 Å². The molecule has 1 saturated heterocycles. The molecule has 190 valence electrons. The average molecular weight is 503 g/mol. The van der Waals surface area contributed by atoms with Crippen molar-refractivity contribution in [2.24, 2.45) is 7.05 Å². The first-order valence-corrected chi connectivity index (χ1v) is 13.6. The van der Waals surface area contributed by atoms with Crippen LogP contribution in [-0.2, 0) is 23.5 Å². The van der Waals surface area contributed by atoms with Gasteiger partial charge in [0.15, 0.2) is 5.52 Å². The maximum absolute atomic E-state index is 13.6. The minimum Gasteiger partial charge on any atom is -0.493 e. The molecule has 1 aromatic carbocycles. The van der Waals surface area contributed by atoms with Gasteiger partial charge in [0.25, 0.3) is 5.56 Å². The number of aromatic nitrogens is 4. The molecule has 3 heterocycles. The number of aromatic amines is 1. The number of sulfonamides is 1. The Labute approximate surface area is 205 Å². The van der Waals surface area contributed by atoms with Gasteiger partial charge in [-0.1, -0.05) is 20.3 Å². The highest BCUT2D eigenvalue weighted by molar-refractivity contribution is 7.89. The first-order valence-electron chi connectivity index (χ1n) is 12.1. The number of nitrogens with zero attached hydrogens (tertiary/aromatic N) is 4. The third-order valence-corrected chi connectivity index (χ3v) is 7.91. The second-order valence-electron chi connectivity index (χ2n) is 9.23. The molecule has 0 radical (unpaired) electrons. The van der Waals surface area contributed by atoms with Crippen molar-refractivity contribution in [3.05, 3.63) is 34.2 Å². The minimum absolute atomic E-state index is 0.0446. The maximum Gasteiger partial charge on any atom is 0.277 e. The molecule has 2 unspecified atom stereocenters. The van der Waals surface area contributed by atoms with Crippen molar-refractivity contribution in [2.75, 3.05) is 19.7 Å². The molecule has 1 fully saturated rings. The molecular formula is C24H34N6O4S. The molecule has 0 saturated carbocycles. The van der Waals surface area contributed by atoms with Crippen molar-refractivity contribution >= 4 is 21.1 Å².